The number of aryl methyl sites for hydroxylation is 1. The van der Waals surface area contributed by atoms with Crippen LogP contribution in [0.4, 0.5) is 11.4 Å². The summed E-state index contributed by atoms with van der Waals surface area (Å²) in [6.45, 7) is 6.14. The fourth-order valence-corrected chi connectivity index (χ4v) is 2.66. The van der Waals surface area contributed by atoms with Crippen LogP contribution in [0.5, 0.6) is 0 Å². The molecule has 7 heteroatoms. The fourth-order valence-electron chi connectivity index (χ4n) is 2.66. The molecular formula is C16H25N3O4. The highest BCUT2D eigenvalue weighted by Crippen LogP contribution is 2.30. The number of carbonyl (C=O) groups excluding carboxylic acids is 1. The van der Waals surface area contributed by atoms with Crippen LogP contribution in [0.25, 0.3) is 0 Å². The van der Waals surface area contributed by atoms with Gasteiger partial charge in [0.25, 0.3) is 11.6 Å². The van der Waals surface area contributed by atoms with E-state index in [1.54, 1.807) is 13.0 Å². The Balaban J connectivity index is 3.00. The number of aliphatic hydroxyl groups excluding tert-OH is 1. The molecule has 0 aliphatic rings. The van der Waals surface area contributed by atoms with Crippen molar-refractivity contribution in [3.8, 4) is 0 Å². The highest BCUT2D eigenvalue weighted by molar-refractivity contribution is 6.01. The van der Waals surface area contributed by atoms with Crippen LogP contribution in [0.15, 0.2) is 12.1 Å². The Hall–Kier alpha value is -2.15. The Bertz CT molecular complexity index is 583. The first-order valence-electron chi connectivity index (χ1n) is 7.73. The van der Waals surface area contributed by atoms with Crippen molar-refractivity contribution in [3.05, 3.63) is 33.4 Å². The van der Waals surface area contributed by atoms with E-state index in [0.717, 1.165) is 12.8 Å². The molecule has 0 atom stereocenters. The first kappa shape index (κ1) is 18.9. The lowest BCUT2D eigenvalue weighted by Crippen LogP contribution is -2.38. The molecule has 0 aliphatic carbocycles. The second kappa shape index (κ2) is 7.92. The van der Waals surface area contributed by atoms with E-state index >= 15 is 0 Å². The number of carbonyl (C=O) groups is 1. The van der Waals surface area contributed by atoms with Gasteiger partial charge in [-0.25, -0.2) is 0 Å². The number of nitrogens with one attached hydrogen (secondary N) is 1. The number of aliphatic hydroxyl groups is 1. The van der Waals surface area contributed by atoms with Crippen molar-refractivity contribution in [2.24, 2.45) is 5.41 Å². The van der Waals surface area contributed by atoms with Gasteiger partial charge in [0.05, 0.1) is 10.5 Å². The molecule has 4 N–H and O–H groups in total. The Morgan fingerprint density at radius 3 is 2.48 bits per heavy atom. The number of hydrogen-bond donors (Lipinski definition) is 3. The van der Waals surface area contributed by atoms with Gasteiger partial charge in [-0.05, 0) is 43.2 Å². The minimum atomic E-state index is -0.590. The largest absolute Gasteiger partial charge is 0.396 e. The average molecular weight is 323 g/mol. The molecule has 23 heavy (non-hydrogen) atoms. The normalized spacial score (nSPS) is 11.3. The topological polar surface area (TPSA) is 118 Å². The molecule has 0 spiro atoms. The molecule has 0 unspecified atom stereocenters. The van der Waals surface area contributed by atoms with Crippen molar-refractivity contribution in [2.45, 2.75) is 40.0 Å². The van der Waals surface area contributed by atoms with Gasteiger partial charge in [-0.1, -0.05) is 13.8 Å². The first-order valence-corrected chi connectivity index (χ1v) is 7.73. The summed E-state index contributed by atoms with van der Waals surface area (Å²) >= 11 is 0. The van der Waals surface area contributed by atoms with Crippen LogP contribution in [-0.4, -0.2) is 29.1 Å². The lowest BCUT2D eigenvalue weighted by Gasteiger charge is -2.31. The summed E-state index contributed by atoms with van der Waals surface area (Å²) in [6, 6.07) is 2.89. The third kappa shape index (κ3) is 4.41. The van der Waals surface area contributed by atoms with Gasteiger partial charge < -0.3 is 16.2 Å². The van der Waals surface area contributed by atoms with E-state index in [4.69, 9.17) is 5.73 Å². The van der Waals surface area contributed by atoms with Gasteiger partial charge in [0.2, 0.25) is 0 Å². The number of amides is 1. The monoisotopic (exact) mass is 323 g/mol. The molecule has 0 radical (unpaired) electrons. The quantitative estimate of drug-likeness (QED) is 0.385. The zero-order chi connectivity index (χ0) is 17.6. The Morgan fingerprint density at radius 1 is 1.39 bits per heavy atom. The van der Waals surface area contributed by atoms with E-state index in [9.17, 15) is 20.0 Å². The number of nitro benzene ring substituents is 1. The summed E-state index contributed by atoms with van der Waals surface area (Å²) in [4.78, 5) is 22.8. The molecule has 128 valence electrons. The smallest absolute Gasteiger partial charge is 0.293 e. The molecule has 1 amide bonds. The number of hydrogen-bond acceptors (Lipinski definition) is 5. The number of anilines is 1. The summed E-state index contributed by atoms with van der Waals surface area (Å²) in [5, 5.41) is 23.0. The molecule has 1 aromatic carbocycles. The maximum Gasteiger partial charge on any atom is 0.293 e. The Labute approximate surface area is 136 Å². The minimum absolute atomic E-state index is 0.0512. The molecule has 0 fully saturated rings. The summed E-state index contributed by atoms with van der Waals surface area (Å²) in [5.41, 5.74) is 5.91. The number of rotatable bonds is 8. The zero-order valence-electron chi connectivity index (χ0n) is 13.9. The standard InChI is InChI=1S/C16H25N3O4/c1-4-16(5-2,6-7-20)10-18-15(21)12-8-11(3)9-13(14(12)17)19(22)23/h8-9,20H,4-7,10,17H2,1-3H3,(H,18,21). The van der Waals surface area contributed by atoms with Crippen molar-refractivity contribution >= 4 is 17.3 Å². The Morgan fingerprint density at radius 2 is 2.00 bits per heavy atom. The van der Waals surface area contributed by atoms with Gasteiger partial charge in [-0.2, -0.15) is 0 Å². The molecule has 0 aromatic heterocycles. The second-order valence-electron chi connectivity index (χ2n) is 5.87. The van der Waals surface area contributed by atoms with Crippen molar-refractivity contribution in [1.82, 2.24) is 5.32 Å². The predicted molar refractivity (Wildman–Crippen MR) is 89.3 cm³/mol. The number of nitrogen functional groups attached to an aromatic ring is 1. The van der Waals surface area contributed by atoms with Crippen LogP contribution in [0.1, 0.15) is 49.0 Å². The number of nitro groups is 1. The lowest BCUT2D eigenvalue weighted by molar-refractivity contribution is -0.384. The van der Waals surface area contributed by atoms with Gasteiger partial charge >= 0.3 is 0 Å². The second-order valence-corrected chi connectivity index (χ2v) is 5.87. The maximum absolute atomic E-state index is 12.4. The molecule has 7 nitrogen and oxygen atoms in total. The van der Waals surface area contributed by atoms with Gasteiger partial charge in [0.15, 0.2) is 0 Å². The van der Waals surface area contributed by atoms with Crippen molar-refractivity contribution < 1.29 is 14.8 Å². The third-order valence-corrected chi connectivity index (χ3v) is 4.51. The fraction of sp³-hybridized carbons (Fsp3) is 0.562. The molecular weight excluding hydrogens is 298 g/mol. The zero-order valence-corrected chi connectivity index (χ0v) is 13.9. The van der Waals surface area contributed by atoms with Crippen LogP contribution in [0, 0.1) is 22.5 Å². The van der Waals surface area contributed by atoms with Crippen molar-refractivity contribution in [3.63, 3.8) is 0 Å². The van der Waals surface area contributed by atoms with Crippen LogP contribution in [-0.2, 0) is 0 Å². The van der Waals surface area contributed by atoms with E-state index in [1.807, 2.05) is 13.8 Å². The van der Waals surface area contributed by atoms with Crippen LogP contribution >= 0.6 is 0 Å². The van der Waals surface area contributed by atoms with Crippen molar-refractivity contribution in [1.29, 1.82) is 0 Å². The average Bonchev–Trinajstić information content (AvgIpc) is 2.52. The number of nitrogens with zero attached hydrogens (tertiary/aromatic N) is 1. The van der Waals surface area contributed by atoms with E-state index in [0.29, 0.717) is 18.5 Å². The van der Waals surface area contributed by atoms with E-state index in [-0.39, 0.29) is 29.0 Å². The van der Waals surface area contributed by atoms with Crippen LogP contribution in [0.3, 0.4) is 0 Å². The first-order chi connectivity index (χ1) is 10.8. The third-order valence-electron chi connectivity index (χ3n) is 4.51. The number of benzene rings is 1. The molecule has 0 saturated heterocycles. The summed E-state index contributed by atoms with van der Waals surface area (Å²) < 4.78 is 0. The highest BCUT2D eigenvalue weighted by Gasteiger charge is 2.27. The van der Waals surface area contributed by atoms with Gasteiger partial charge in [0.1, 0.15) is 5.69 Å². The Kier molecular flexibility index (Phi) is 6.50. The minimum Gasteiger partial charge on any atom is -0.396 e. The number of nitrogens with two attached hydrogens (primary N) is 1. The molecule has 0 saturated carbocycles. The van der Waals surface area contributed by atoms with E-state index < -0.39 is 10.8 Å². The van der Waals surface area contributed by atoms with Crippen LogP contribution < -0.4 is 11.1 Å². The molecule has 0 heterocycles. The molecule has 1 rings (SSSR count). The summed E-state index contributed by atoms with van der Waals surface area (Å²) in [6.07, 6.45) is 2.21. The summed E-state index contributed by atoms with van der Waals surface area (Å²) in [7, 11) is 0. The molecule has 0 bridgehead atoms. The van der Waals surface area contributed by atoms with E-state index in [1.165, 1.54) is 6.07 Å². The molecule has 0 aliphatic heterocycles. The van der Waals surface area contributed by atoms with E-state index in [2.05, 4.69) is 5.32 Å². The summed E-state index contributed by atoms with van der Waals surface area (Å²) in [5.74, 6) is -0.432. The predicted octanol–water partition coefficient (Wildman–Crippen LogP) is 2.40. The van der Waals surface area contributed by atoms with Gasteiger partial charge in [-0.3, -0.25) is 14.9 Å². The maximum atomic E-state index is 12.4. The van der Waals surface area contributed by atoms with Gasteiger partial charge in [0, 0.05) is 19.2 Å². The van der Waals surface area contributed by atoms with Crippen LogP contribution in [0.2, 0.25) is 0 Å². The lowest BCUT2D eigenvalue weighted by atomic mass is 9.79. The molecule has 1 aromatic rings. The van der Waals surface area contributed by atoms with Gasteiger partial charge in [-0.15, -0.1) is 0 Å². The van der Waals surface area contributed by atoms with Crippen molar-refractivity contribution in [2.75, 3.05) is 18.9 Å². The SMILES string of the molecule is CCC(CC)(CCO)CNC(=O)c1cc(C)cc([N+](=O)[O-])c1N. The highest BCUT2D eigenvalue weighted by atomic mass is 16.6.